The van der Waals surface area contributed by atoms with Gasteiger partial charge < -0.3 is 10.1 Å². The van der Waals surface area contributed by atoms with Gasteiger partial charge in [-0.1, -0.05) is 27.5 Å². The van der Waals surface area contributed by atoms with Crippen molar-refractivity contribution in [3.8, 4) is 0 Å². The Hall–Kier alpha value is -1.57. The highest BCUT2D eigenvalue weighted by atomic mass is 79.9. The van der Waals surface area contributed by atoms with Crippen molar-refractivity contribution in [1.29, 1.82) is 0 Å². The van der Waals surface area contributed by atoms with Gasteiger partial charge in [0.2, 0.25) is 0 Å². The van der Waals surface area contributed by atoms with Crippen molar-refractivity contribution in [3.63, 3.8) is 0 Å². The van der Waals surface area contributed by atoms with Crippen LogP contribution in [-0.2, 0) is 14.3 Å². The van der Waals surface area contributed by atoms with Crippen molar-refractivity contribution in [2.75, 3.05) is 17.7 Å². The first-order chi connectivity index (χ1) is 11.5. The summed E-state index contributed by atoms with van der Waals surface area (Å²) in [6.45, 7) is 1.59. The van der Waals surface area contributed by atoms with Crippen LogP contribution in [0.15, 0.2) is 45.9 Å². The van der Waals surface area contributed by atoms with Crippen molar-refractivity contribution in [1.82, 2.24) is 4.98 Å². The number of halogens is 2. The highest BCUT2D eigenvalue weighted by Gasteiger charge is 2.11. The average molecular weight is 430 g/mol. The smallest absolute Gasteiger partial charge is 0.316 e. The Bertz CT molecular complexity index is 758. The van der Waals surface area contributed by atoms with E-state index in [2.05, 4.69) is 26.2 Å². The van der Waals surface area contributed by atoms with Gasteiger partial charge in [-0.3, -0.25) is 9.59 Å². The summed E-state index contributed by atoms with van der Waals surface area (Å²) in [4.78, 5) is 28.3. The third-order valence-electron chi connectivity index (χ3n) is 2.88. The average Bonchev–Trinajstić information content (AvgIpc) is 2.54. The number of aromatic nitrogens is 1. The summed E-state index contributed by atoms with van der Waals surface area (Å²) >= 11 is 10.6. The number of nitrogens with zero attached hydrogens (tertiary/aromatic N) is 1. The lowest BCUT2D eigenvalue weighted by Gasteiger charge is -2.08. The fourth-order valence-corrected chi connectivity index (χ4v) is 3.21. The van der Waals surface area contributed by atoms with E-state index in [1.54, 1.807) is 12.1 Å². The Labute approximate surface area is 157 Å². The van der Waals surface area contributed by atoms with E-state index in [9.17, 15) is 9.59 Å². The molecule has 0 saturated carbocycles. The van der Waals surface area contributed by atoms with Gasteiger partial charge in [0, 0.05) is 15.6 Å². The van der Waals surface area contributed by atoms with Gasteiger partial charge in [0.15, 0.2) is 11.8 Å². The van der Waals surface area contributed by atoms with Crippen LogP contribution in [0.3, 0.4) is 0 Å². The number of ether oxygens (including phenoxy) is 1. The van der Waals surface area contributed by atoms with Gasteiger partial charge in [-0.15, -0.1) is 11.8 Å². The van der Waals surface area contributed by atoms with Gasteiger partial charge in [0.25, 0.3) is 5.91 Å². The zero-order valence-electron chi connectivity index (χ0n) is 12.7. The zero-order chi connectivity index (χ0) is 17.5. The van der Waals surface area contributed by atoms with E-state index in [0.717, 1.165) is 14.9 Å². The fourth-order valence-electron chi connectivity index (χ4n) is 1.76. The zero-order valence-corrected chi connectivity index (χ0v) is 15.9. The van der Waals surface area contributed by atoms with E-state index in [1.165, 1.54) is 18.0 Å². The lowest BCUT2D eigenvalue weighted by molar-refractivity contribution is -0.144. The third-order valence-corrected chi connectivity index (χ3v) is 4.82. The van der Waals surface area contributed by atoms with Gasteiger partial charge in [-0.25, -0.2) is 4.98 Å². The van der Waals surface area contributed by atoms with Crippen molar-refractivity contribution < 1.29 is 14.3 Å². The van der Waals surface area contributed by atoms with E-state index < -0.39 is 11.9 Å². The molecule has 0 fully saturated rings. The first kappa shape index (κ1) is 18.8. The normalized spacial score (nSPS) is 10.3. The molecule has 0 aliphatic carbocycles. The van der Waals surface area contributed by atoms with E-state index >= 15 is 0 Å². The lowest BCUT2D eigenvalue weighted by Crippen LogP contribution is -2.21. The molecule has 5 nitrogen and oxygen atoms in total. The maximum absolute atomic E-state index is 11.7. The first-order valence-electron chi connectivity index (χ1n) is 6.90. The standard InChI is InChI=1S/C16H14BrClN2O3S/c1-10-7-11(17)4-5-13(10)24-9-15(22)23-8-14(21)20-12-3-2-6-19-16(12)18/h2-7H,8-9H2,1H3,(H,20,21). The Kier molecular flexibility index (Phi) is 7.08. The van der Waals surface area contributed by atoms with E-state index in [1.807, 2.05) is 25.1 Å². The van der Waals surface area contributed by atoms with Crippen LogP contribution >= 0.6 is 39.3 Å². The van der Waals surface area contributed by atoms with Crippen LogP contribution in [0.2, 0.25) is 5.15 Å². The third kappa shape index (κ3) is 5.81. The van der Waals surface area contributed by atoms with Crippen LogP contribution in [0.1, 0.15) is 5.56 Å². The molecule has 0 atom stereocenters. The number of esters is 1. The lowest BCUT2D eigenvalue weighted by atomic mass is 10.2. The molecular formula is C16H14BrClN2O3S. The molecule has 1 aromatic carbocycles. The molecule has 1 amide bonds. The van der Waals surface area contributed by atoms with Crippen LogP contribution in [0.4, 0.5) is 5.69 Å². The number of benzene rings is 1. The number of amides is 1. The van der Waals surface area contributed by atoms with Crippen LogP contribution < -0.4 is 5.32 Å². The minimum Gasteiger partial charge on any atom is -0.455 e. The van der Waals surface area contributed by atoms with Crippen LogP contribution in [0.5, 0.6) is 0 Å². The molecule has 8 heteroatoms. The minimum absolute atomic E-state index is 0.128. The largest absolute Gasteiger partial charge is 0.455 e. The van der Waals surface area contributed by atoms with Gasteiger partial charge in [-0.05, 0) is 42.8 Å². The second-order valence-corrected chi connectivity index (χ2v) is 7.04. The maximum atomic E-state index is 11.7. The van der Waals surface area contributed by atoms with Gasteiger partial charge >= 0.3 is 5.97 Å². The van der Waals surface area contributed by atoms with Crippen molar-refractivity contribution in [2.24, 2.45) is 0 Å². The number of nitrogens with one attached hydrogen (secondary N) is 1. The Morgan fingerprint density at radius 2 is 2.17 bits per heavy atom. The van der Waals surface area contributed by atoms with Crippen LogP contribution in [0, 0.1) is 6.92 Å². The Morgan fingerprint density at radius 3 is 2.88 bits per heavy atom. The Balaban J connectivity index is 1.76. The molecule has 1 heterocycles. The SMILES string of the molecule is Cc1cc(Br)ccc1SCC(=O)OCC(=O)Nc1cccnc1Cl. The molecule has 0 unspecified atom stereocenters. The molecule has 2 rings (SSSR count). The summed E-state index contributed by atoms with van der Waals surface area (Å²) in [7, 11) is 0. The number of aryl methyl sites for hydroxylation is 1. The minimum atomic E-state index is -0.469. The number of carbonyl (C=O) groups excluding carboxylic acids is 2. The summed E-state index contributed by atoms with van der Waals surface area (Å²) in [5.74, 6) is -0.804. The predicted molar refractivity (Wildman–Crippen MR) is 98.4 cm³/mol. The van der Waals surface area contributed by atoms with Crippen molar-refractivity contribution in [2.45, 2.75) is 11.8 Å². The fraction of sp³-hybridized carbons (Fsp3) is 0.188. The van der Waals surface area contributed by atoms with Gasteiger partial charge in [0.1, 0.15) is 0 Å². The Morgan fingerprint density at radius 1 is 1.38 bits per heavy atom. The quantitative estimate of drug-likeness (QED) is 0.426. The number of thioether (sulfide) groups is 1. The second-order valence-electron chi connectivity index (χ2n) is 4.75. The molecular weight excluding hydrogens is 416 g/mol. The molecule has 2 aromatic rings. The summed E-state index contributed by atoms with van der Waals surface area (Å²) in [5.41, 5.74) is 1.44. The van der Waals surface area contributed by atoms with Gasteiger partial charge in [0.05, 0.1) is 11.4 Å². The number of hydrogen-bond acceptors (Lipinski definition) is 5. The summed E-state index contributed by atoms with van der Waals surface area (Å²) in [6.07, 6.45) is 1.51. The van der Waals surface area contributed by atoms with Gasteiger partial charge in [-0.2, -0.15) is 0 Å². The van der Waals surface area contributed by atoms with Crippen LogP contribution in [-0.4, -0.2) is 29.2 Å². The molecule has 0 aliphatic rings. The number of hydrogen-bond donors (Lipinski definition) is 1. The van der Waals surface area contributed by atoms with E-state index in [0.29, 0.717) is 5.69 Å². The maximum Gasteiger partial charge on any atom is 0.316 e. The molecule has 126 valence electrons. The van der Waals surface area contributed by atoms with E-state index in [-0.39, 0.29) is 17.5 Å². The highest BCUT2D eigenvalue weighted by molar-refractivity contribution is 9.10. The van der Waals surface area contributed by atoms with Crippen molar-refractivity contribution in [3.05, 3.63) is 51.7 Å². The molecule has 1 aromatic heterocycles. The summed E-state index contributed by atoms with van der Waals surface area (Å²) < 4.78 is 5.94. The first-order valence-corrected chi connectivity index (χ1v) is 9.06. The molecule has 0 spiro atoms. The molecule has 0 radical (unpaired) electrons. The topological polar surface area (TPSA) is 68.3 Å². The summed E-state index contributed by atoms with van der Waals surface area (Å²) in [6, 6.07) is 9.06. The molecule has 0 bridgehead atoms. The number of anilines is 1. The van der Waals surface area contributed by atoms with E-state index in [4.69, 9.17) is 16.3 Å². The molecule has 0 aliphatic heterocycles. The monoisotopic (exact) mass is 428 g/mol. The van der Waals surface area contributed by atoms with Crippen molar-refractivity contribution >= 4 is 56.9 Å². The molecule has 24 heavy (non-hydrogen) atoms. The second kappa shape index (κ2) is 9.05. The number of pyridine rings is 1. The summed E-state index contributed by atoms with van der Waals surface area (Å²) in [5, 5.41) is 2.71. The number of rotatable bonds is 6. The predicted octanol–water partition coefficient (Wildman–Crippen LogP) is 4.08. The highest BCUT2D eigenvalue weighted by Crippen LogP contribution is 2.25. The van der Waals surface area contributed by atoms with Crippen LogP contribution in [0.25, 0.3) is 0 Å². The molecule has 0 saturated heterocycles. The molecule has 1 N–H and O–H groups in total. The number of carbonyl (C=O) groups is 2.